The Kier molecular flexibility index (Phi) is 3.56. The maximum absolute atomic E-state index is 12.6. The molecule has 0 bridgehead atoms. The SMILES string of the molecule is CCOC(=O)C1(c2cncc(NS(=O)(=O)C3CC3)n2)CC2CC2C1. The van der Waals surface area contributed by atoms with Gasteiger partial charge in [-0.3, -0.25) is 14.5 Å². The second-order valence-electron chi connectivity index (χ2n) is 7.10. The van der Waals surface area contributed by atoms with Crippen LogP contribution >= 0.6 is 0 Å². The van der Waals surface area contributed by atoms with Gasteiger partial charge in [0.05, 0.1) is 23.7 Å². The quantitative estimate of drug-likeness (QED) is 0.782. The number of nitrogens with zero attached hydrogens (tertiary/aromatic N) is 2. The van der Waals surface area contributed by atoms with Crippen molar-refractivity contribution in [2.75, 3.05) is 11.3 Å². The number of fused-ring (bicyclic) bond motifs is 1. The molecule has 24 heavy (non-hydrogen) atoms. The molecule has 2 atom stereocenters. The van der Waals surface area contributed by atoms with Gasteiger partial charge in [-0.25, -0.2) is 13.4 Å². The molecule has 0 spiro atoms. The van der Waals surface area contributed by atoms with E-state index in [2.05, 4.69) is 14.7 Å². The minimum Gasteiger partial charge on any atom is -0.465 e. The van der Waals surface area contributed by atoms with Crippen LogP contribution in [0, 0.1) is 11.8 Å². The molecule has 0 amide bonds. The lowest BCUT2D eigenvalue weighted by atomic mass is 9.80. The summed E-state index contributed by atoms with van der Waals surface area (Å²) in [4.78, 5) is 21.2. The van der Waals surface area contributed by atoms with Crippen LogP contribution in [0.15, 0.2) is 12.4 Å². The first-order chi connectivity index (χ1) is 11.4. The normalized spacial score (nSPS) is 31.4. The first kappa shape index (κ1) is 15.8. The van der Waals surface area contributed by atoms with Crippen LogP contribution in [0.4, 0.5) is 5.82 Å². The van der Waals surface area contributed by atoms with Gasteiger partial charge in [0, 0.05) is 6.20 Å². The number of hydrogen-bond acceptors (Lipinski definition) is 6. The highest BCUT2D eigenvalue weighted by Crippen LogP contribution is 2.60. The molecule has 4 rings (SSSR count). The molecule has 8 heteroatoms. The average molecular weight is 351 g/mol. The van der Waals surface area contributed by atoms with Gasteiger partial charge in [-0.05, 0) is 50.9 Å². The van der Waals surface area contributed by atoms with E-state index in [9.17, 15) is 13.2 Å². The average Bonchev–Trinajstić information content (AvgIpc) is 3.46. The van der Waals surface area contributed by atoms with Gasteiger partial charge < -0.3 is 4.74 Å². The zero-order valence-electron chi connectivity index (χ0n) is 13.6. The highest BCUT2D eigenvalue weighted by molar-refractivity contribution is 7.93. The molecular weight excluding hydrogens is 330 g/mol. The fraction of sp³-hybridized carbons (Fsp3) is 0.688. The van der Waals surface area contributed by atoms with Crippen LogP contribution in [-0.4, -0.2) is 36.2 Å². The number of hydrogen-bond donors (Lipinski definition) is 1. The molecule has 2 unspecified atom stereocenters. The Labute approximate surface area is 141 Å². The van der Waals surface area contributed by atoms with Crippen molar-refractivity contribution in [2.24, 2.45) is 11.8 Å². The lowest BCUT2D eigenvalue weighted by molar-refractivity contribution is -0.150. The van der Waals surface area contributed by atoms with Gasteiger partial charge in [0.2, 0.25) is 10.0 Å². The van der Waals surface area contributed by atoms with Gasteiger partial charge in [-0.2, -0.15) is 0 Å². The van der Waals surface area contributed by atoms with Gasteiger partial charge >= 0.3 is 5.97 Å². The van der Waals surface area contributed by atoms with Crippen molar-refractivity contribution < 1.29 is 17.9 Å². The van der Waals surface area contributed by atoms with Gasteiger partial charge in [-0.15, -0.1) is 0 Å². The molecule has 0 saturated heterocycles. The summed E-state index contributed by atoms with van der Waals surface area (Å²) < 4.78 is 32.0. The summed E-state index contributed by atoms with van der Waals surface area (Å²) in [6.07, 6.45) is 6.89. The second-order valence-corrected chi connectivity index (χ2v) is 9.06. The van der Waals surface area contributed by atoms with E-state index in [4.69, 9.17) is 4.74 Å². The van der Waals surface area contributed by atoms with E-state index in [1.54, 1.807) is 13.1 Å². The standard InChI is InChI=1S/C16H21N3O4S/c1-2-23-15(20)16(6-10-5-11(10)7-16)13-8-17-9-14(18-13)19-24(21,22)12-3-4-12/h8-12H,2-7H2,1H3,(H,18,19). The summed E-state index contributed by atoms with van der Waals surface area (Å²) in [6.45, 7) is 2.10. The number of carbonyl (C=O) groups is 1. The number of esters is 1. The molecule has 3 aliphatic carbocycles. The third-order valence-electron chi connectivity index (χ3n) is 5.29. The van der Waals surface area contributed by atoms with Crippen LogP contribution in [0.25, 0.3) is 0 Å². The molecule has 1 N–H and O–H groups in total. The minimum atomic E-state index is -3.40. The van der Waals surface area contributed by atoms with E-state index in [0.717, 1.165) is 6.42 Å². The van der Waals surface area contributed by atoms with Crippen molar-refractivity contribution in [3.63, 3.8) is 0 Å². The summed E-state index contributed by atoms with van der Waals surface area (Å²) in [5.41, 5.74) is -0.262. The second kappa shape index (κ2) is 5.40. The summed E-state index contributed by atoms with van der Waals surface area (Å²) in [5.74, 6) is 1.00. The van der Waals surface area contributed by atoms with Crippen molar-refractivity contribution >= 4 is 21.8 Å². The van der Waals surface area contributed by atoms with E-state index in [1.807, 2.05) is 0 Å². The fourth-order valence-electron chi connectivity index (χ4n) is 3.79. The number of nitrogens with one attached hydrogen (secondary N) is 1. The number of ether oxygens (including phenoxy) is 1. The molecule has 1 aromatic heterocycles. The summed E-state index contributed by atoms with van der Waals surface area (Å²) in [7, 11) is -3.40. The number of rotatable bonds is 6. The van der Waals surface area contributed by atoms with Crippen LogP contribution < -0.4 is 4.72 Å². The molecule has 3 aliphatic rings. The summed E-state index contributed by atoms with van der Waals surface area (Å²) in [6, 6.07) is 0. The van der Waals surface area contributed by atoms with Crippen molar-refractivity contribution in [1.82, 2.24) is 9.97 Å². The fourth-order valence-corrected chi connectivity index (χ4v) is 5.10. The van der Waals surface area contributed by atoms with Crippen molar-refractivity contribution in [2.45, 2.75) is 49.7 Å². The van der Waals surface area contributed by atoms with Crippen molar-refractivity contribution in [3.05, 3.63) is 18.1 Å². The van der Waals surface area contributed by atoms with E-state index in [0.29, 0.717) is 49.8 Å². The number of anilines is 1. The van der Waals surface area contributed by atoms with Crippen LogP contribution in [0.3, 0.4) is 0 Å². The Morgan fingerprint density at radius 3 is 2.67 bits per heavy atom. The van der Waals surface area contributed by atoms with E-state index >= 15 is 0 Å². The zero-order chi connectivity index (χ0) is 16.9. The lowest BCUT2D eigenvalue weighted by Gasteiger charge is -2.27. The Morgan fingerprint density at radius 1 is 1.33 bits per heavy atom. The molecule has 3 fully saturated rings. The lowest BCUT2D eigenvalue weighted by Crippen LogP contribution is -2.37. The molecule has 130 valence electrons. The van der Waals surface area contributed by atoms with Crippen LogP contribution in [0.1, 0.15) is 44.7 Å². The molecule has 0 aromatic carbocycles. The minimum absolute atomic E-state index is 0.184. The van der Waals surface area contributed by atoms with E-state index in [-0.39, 0.29) is 17.0 Å². The Morgan fingerprint density at radius 2 is 2.04 bits per heavy atom. The summed E-state index contributed by atoms with van der Waals surface area (Å²) in [5, 5.41) is -0.332. The zero-order valence-corrected chi connectivity index (χ0v) is 14.4. The van der Waals surface area contributed by atoms with Crippen molar-refractivity contribution in [1.29, 1.82) is 0 Å². The van der Waals surface area contributed by atoms with Crippen LogP contribution in [-0.2, 0) is 25.0 Å². The number of sulfonamides is 1. The molecule has 1 heterocycles. The van der Waals surface area contributed by atoms with Gasteiger partial charge in [0.1, 0.15) is 5.41 Å². The molecule has 7 nitrogen and oxygen atoms in total. The molecule has 0 radical (unpaired) electrons. The highest BCUT2D eigenvalue weighted by atomic mass is 32.2. The third-order valence-corrected chi connectivity index (χ3v) is 7.13. The topological polar surface area (TPSA) is 98.2 Å². The monoisotopic (exact) mass is 351 g/mol. The number of aromatic nitrogens is 2. The van der Waals surface area contributed by atoms with Crippen molar-refractivity contribution in [3.8, 4) is 0 Å². The van der Waals surface area contributed by atoms with Crippen LogP contribution in [0.5, 0.6) is 0 Å². The molecule has 3 saturated carbocycles. The van der Waals surface area contributed by atoms with E-state index < -0.39 is 15.4 Å². The Bertz CT molecular complexity index is 765. The Balaban J connectivity index is 1.64. The predicted octanol–water partition coefficient (Wildman–Crippen LogP) is 1.61. The molecule has 0 aliphatic heterocycles. The maximum Gasteiger partial charge on any atom is 0.318 e. The third kappa shape index (κ3) is 2.66. The van der Waals surface area contributed by atoms with Gasteiger partial charge in [-0.1, -0.05) is 0 Å². The maximum atomic E-state index is 12.6. The van der Waals surface area contributed by atoms with Crippen LogP contribution in [0.2, 0.25) is 0 Å². The number of carbonyl (C=O) groups excluding carboxylic acids is 1. The molecule has 1 aromatic rings. The Hall–Kier alpha value is -1.70. The smallest absolute Gasteiger partial charge is 0.318 e. The summed E-state index contributed by atoms with van der Waals surface area (Å²) >= 11 is 0. The first-order valence-electron chi connectivity index (χ1n) is 8.46. The predicted molar refractivity (Wildman–Crippen MR) is 86.7 cm³/mol. The van der Waals surface area contributed by atoms with E-state index in [1.165, 1.54) is 6.20 Å². The largest absolute Gasteiger partial charge is 0.465 e. The highest BCUT2D eigenvalue weighted by Gasteiger charge is 2.60. The molecular formula is C16H21N3O4S. The first-order valence-corrected chi connectivity index (χ1v) is 10.0. The van der Waals surface area contributed by atoms with Gasteiger partial charge in [0.15, 0.2) is 5.82 Å². The van der Waals surface area contributed by atoms with Gasteiger partial charge in [0.25, 0.3) is 0 Å².